The Labute approximate surface area is 155 Å². The number of halogens is 4. The molecule has 0 atom stereocenters. The normalized spacial score (nSPS) is 11.3. The van der Waals surface area contributed by atoms with Crippen LogP contribution in [-0.2, 0) is 10.8 Å². The average molecular weight is 370 g/mol. The largest absolute Gasteiger partial charge is 0.207 e. The molecule has 0 heterocycles. The van der Waals surface area contributed by atoms with Crippen molar-refractivity contribution >= 4 is 0 Å². The van der Waals surface area contributed by atoms with Crippen molar-refractivity contribution in [3.8, 4) is 0 Å². The van der Waals surface area contributed by atoms with Gasteiger partial charge in [0.05, 0.1) is 0 Å². The minimum Gasteiger partial charge on any atom is -0.207 e. The summed E-state index contributed by atoms with van der Waals surface area (Å²) in [5.41, 5.74) is 0.528. The van der Waals surface area contributed by atoms with Gasteiger partial charge in [-0.2, -0.15) is 0 Å². The minimum absolute atomic E-state index is 0. The van der Waals surface area contributed by atoms with E-state index in [9.17, 15) is 17.6 Å². The van der Waals surface area contributed by atoms with Gasteiger partial charge in [0.15, 0.2) is 11.6 Å². The van der Waals surface area contributed by atoms with Gasteiger partial charge in [0.25, 0.3) is 0 Å². The maximum absolute atomic E-state index is 13.5. The molecule has 0 aliphatic carbocycles. The summed E-state index contributed by atoms with van der Waals surface area (Å²) >= 11 is 0. The molecule has 0 nitrogen and oxygen atoms in total. The molecule has 4 heteroatoms. The first-order valence-corrected chi connectivity index (χ1v) is 8.15. The van der Waals surface area contributed by atoms with Crippen LogP contribution in [0.5, 0.6) is 0 Å². The quantitative estimate of drug-likeness (QED) is 0.422. The van der Waals surface area contributed by atoms with Crippen molar-refractivity contribution in [1.82, 2.24) is 0 Å². The van der Waals surface area contributed by atoms with Gasteiger partial charge in [0.2, 0.25) is 0 Å². The van der Waals surface area contributed by atoms with Gasteiger partial charge in [0.1, 0.15) is 11.6 Å². The molecule has 0 bridgehead atoms. The monoisotopic (exact) mass is 370 g/mol. The molecule has 2 rings (SSSR count). The lowest BCUT2D eigenvalue weighted by atomic mass is 9.85. The molecule has 2 aromatic carbocycles. The van der Waals surface area contributed by atoms with E-state index < -0.39 is 11.6 Å². The van der Waals surface area contributed by atoms with Crippen molar-refractivity contribution in [2.24, 2.45) is 0 Å². The Morgan fingerprint density at radius 3 is 1.62 bits per heavy atom. The molecule has 0 aromatic heterocycles. The predicted octanol–water partition coefficient (Wildman–Crippen LogP) is 7.47. The molecule has 0 aliphatic heterocycles. The smallest absolute Gasteiger partial charge is 0.162 e. The first kappa shape index (κ1) is 24.2. The minimum atomic E-state index is -0.776. The van der Waals surface area contributed by atoms with Gasteiger partial charge < -0.3 is 0 Å². The molecular weight excluding hydrogens is 340 g/mol. The molecule has 0 amide bonds. The molecule has 0 unspecified atom stereocenters. The van der Waals surface area contributed by atoms with Crippen LogP contribution in [-0.4, -0.2) is 0 Å². The summed E-state index contributed by atoms with van der Waals surface area (Å²) in [6.45, 7) is 12.7. The Morgan fingerprint density at radius 2 is 1.19 bits per heavy atom. The maximum atomic E-state index is 13.5. The zero-order valence-electron chi connectivity index (χ0n) is 15.9. The summed E-state index contributed by atoms with van der Waals surface area (Å²) in [7, 11) is 0. The molecule has 26 heavy (non-hydrogen) atoms. The summed E-state index contributed by atoms with van der Waals surface area (Å²) in [4.78, 5) is 0. The van der Waals surface area contributed by atoms with Crippen LogP contribution in [0.25, 0.3) is 0 Å². The lowest BCUT2D eigenvalue weighted by Gasteiger charge is -2.20. The summed E-state index contributed by atoms with van der Waals surface area (Å²) < 4.78 is 52.3. The van der Waals surface area contributed by atoms with Crippen molar-refractivity contribution in [3.63, 3.8) is 0 Å². The summed E-state index contributed by atoms with van der Waals surface area (Å²) in [5, 5.41) is 0. The van der Waals surface area contributed by atoms with E-state index in [2.05, 4.69) is 0 Å². The Morgan fingerprint density at radius 1 is 0.692 bits per heavy atom. The van der Waals surface area contributed by atoms with Crippen LogP contribution in [0, 0.1) is 30.2 Å². The maximum Gasteiger partial charge on any atom is 0.162 e. The molecular formula is C22H30F4. The SMILES string of the molecule is C.CC(C)(C)c1cccc(F)c1F.Cc1cc(F)cc(C(C)(C)C)c1F. The zero-order chi connectivity index (χ0) is 19.6. The van der Waals surface area contributed by atoms with E-state index in [1.807, 2.05) is 41.5 Å². The summed E-state index contributed by atoms with van der Waals surface area (Å²) in [6, 6.07) is 6.74. The first-order valence-electron chi connectivity index (χ1n) is 8.15. The summed E-state index contributed by atoms with van der Waals surface area (Å²) in [6.07, 6.45) is 0. The van der Waals surface area contributed by atoms with Crippen LogP contribution in [0.15, 0.2) is 30.3 Å². The Kier molecular flexibility index (Phi) is 8.08. The number of hydrogen-bond donors (Lipinski definition) is 0. The van der Waals surface area contributed by atoms with Crippen LogP contribution in [0.4, 0.5) is 17.6 Å². The zero-order valence-corrected chi connectivity index (χ0v) is 15.9. The fraction of sp³-hybridized carbons (Fsp3) is 0.455. The second-order valence-electron chi connectivity index (χ2n) is 8.19. The molecule has 0 aliphatic rings. The van der Waals surface area contributed by atoms with Gasteiger partial charge in [0, 0.05) is 0 Å². The van der Waals surface area contributed by atoms with E-state index in [4.69, 9.17) is 0 Å². The number of aryl methyl sites for hydroxylation is 1. The highest BCUT2D eigenvalue weighted by Crippen LogP contribution is 2.27. The third-order valence-electron chi connectivity index (χ3n) is 3.79. The number of hydrogen-bond acceptors (Lipinski definition) is 0. The van der Waals surface area contributed by atoms with Crippen molar-refractivity contribution in [2.75, 3.05) is 0 Å². The van der Waals surface area contributed by atoms with E-state index >= 15 is 0 Å². The van der Waals surface area contributed by atoms with E-state index in [-0.39, 0.29) is 29.9 Å². The second kappa shape index (κ2) is 8.70. The topological polar surface area (TPSA) is 0 Å². The Hall–Kier alpha value is -1.84. The molecule has 0 radical (unpaired) electrons. The third-order valence-corrected chi connectivity index (χ3v) is 3.79. The van der Waals surface area contributed by atoms with Crippen LogP contribution in [0.1, 0.15) is 65.7 Å². The fourth-order valence-corrected chi connectivity index (χ4v) is 2.35. The molecule has 0 N–H and O–H groups in total. The van der Waals surface area contributed by atoms with Crippen LogP contribution < -0.4 is 0 Å². The third kappa shape index (κ3) is 6.15. The predicted molar refractivity (Wildman–Crippen MR) is 102 cm³/mol. The second-order valence-corrected chi connectivity index (χ2v) is 8.19. The van der Waals surface area contributed by atoms with Crippen LogP contribution >= 0.6 is 0 Å². The lowest BCUT2D eigenvalue weighted by Crippen LogP contribution is -2.14. The number of rotatable bonds is 0. The van der Waals surface area contributed by atoms with E-state index in [0.29, 0.717) is 16.7 Å². The van der Waals surface area contributed by atoms with Gasteiger partial charge in [-0.1, -0.05) is 61.1 Å². The average Bonchev–Trinajstić information content (AvgIpc) is 2.44. The number of benzene rings is 2. The molecule has 0 fully saturated rings. The highest BCUT2D eigenvalue weighted by atomic mass is 19.2. The van der Waals surface area contributed by atoms with Gasteiger partial charge in [-0.3, -0.25) is 0 Å². The fourth-order valence-electron chi connectivity index (χ4n) is 2.35. The first-order chi connectivity index (χ1) is 11.2. The lowest BCUT2D eigenvalue weighted by molar-refractivity contribution is 0.465. The standard InChI is InChI=1S/C11H14F2.C10H12F2.CH4/c1-7-5-8(12)6-9(10(7)13)11(2,3)4;1-10(2,3)7-5-4-6-8(11)9(7)12;/h5-6H,1-4H3;4-6H,1-3H3;1H4. The highest BCUT2D eigenvalue weighted by molar-refractivity contribution is 5.31. The molecule has 0 saturated carbocycles. The van der Waals surface area contributed by atoms with Gasteiger partial charge in [-0.25, -0.2) is 17.6 Å². The summed E-state index contributed by atoms with van der Waals surface area (Å²) in [5.74, 6) is -2.18. The van der Waals surface area contributed by atoms with Gasteiger partial charge in [-0.15, -0.1) is 0 Å². The molecule has 0 saturated heterocycles. The van der Waals surface area contributed by atoms with Crippen LogP contribution in [0.2, 0.25) is 0 Å². The van der Waals surface area contributed by atoms with Gasteiger partial charge >= 0.3 is 0 Å². The Bertz CT molecular complexity index is 735. The van der Waals surface area contributed by atoms with Crippen molar-refractivity contribution < 1.29 is 17.6 Å². The molecule has 0 spiro atoms. The van der Waals surface area contributed by atoms with E-state index in [1.54, 1.807) is 13.0 Å². The van der Waals surface area contributed by atoms with E-state index in [1.165, 1.54) is 18.2 Å². The van der Waals surface area contributed by atoms with E-state index in [0.717, 1.165) is 6.07 Å². The van der Waals surface area contributed by atoms with Gasteiger partial charge in [-0.05, 0) is 52.6 Å². The molecule has 146 valence electrons. The van der Waals surface area contributed by atoms with Crippen molar-refractivity contribution in [1.29, 1.82) is 0 Å². The Balaban J connectivity index is 0.000000464. The highest BCUT2D eigenvalue weighted by Gasteiger charge is 2.21. The van der Waals surface area contributed by atoms with Crippen molar-refractivity contribution in [3.05, 3.63) is 70.3 Å². The van der Waals surface area contributed by atoms with Crippen molar-refractivity contribution in [2.45, 2.75) is 66.7 Å². The van der Waals surface area contributed by atoms with Crippen LogP contribution in [0.3, 0.4) is 0 Å². The molecule has 2 aromatic rings.